The number of hydrogen-bond acceptors (Lipinski definition) is 2. The number of pyridine rings is 1. The fourth-order valence-electron chi connectivity index (χ4n) is 2.24. The summed E-state index contributed by atoms with van der Waals surface area (Å²) >= 11 is 8.18. The zero-order valence-corrected chi connectivity index (χ0v) is 12.0. The predicted molar refractivity (Wildman–Crippen MR) is 84.0 cm³/mol. The van der Waals surface area contributed by atoms with Crippen LogP contribution in [0.15, 0.2) is 59.6 Å². The van der Waals surface area contributed by atoms with E-state index < -0.39 is 0 Å². The minimum atomic E-state index is 0.752. The van der Waals surface area contributed by atoms with E-state index in [1.807, 2.05) is 30.3 Å². The molecule has 1 nitrogen and oxygen atoms in total. The molecule has 0 atom stereocenters. The lowest BCUT2D eigenvalue weighted by Crippen LogP contribution is -1.89. The highest BCUT2D eigenvalue weighted by molar-refractivity contribution is 7.99. The highest BCUT2D eigenvalue weighted by Gasteiger charge is 2.14. The summed E-state index contributed by atoms with van der Waals surface area (Å²) in [5.41, 5.74) is 1.94. The maximum Gasteiger partial charge on any atom is 0.0728 e. The molecule has 0 radical (unpaired) electrons. The first-order chi connectivity index (χ1) is 9.31. The Morgan fingerprint density at radius 3 is 2.58 bits per heavy atom. The lowest BCUT2D eigenvalue weighted by Gasteiger charge is -2.12. The fourth-order valence-corrected chi connectivity index (χ4v) is 3.43. The Hall–Kier alpha value is -1.51. The number of rotatable bonds is 2. The van der Waals surface area contributed by atoms with Crippen molar-refractivity contribution >= 4 is 34.1 Å². The van der Waals surface area contributed by atoms with Crippen molar-refractivity contribution in [1.82, 2.24) is 4.98 Å². The Kier molecular flexibility index (Phi) is 3.45. The summed E-state index contributed by atoms with van der Waals surface area (Å²) < 4.78 is 0. The molecule has 0 N–H and O–H groups in total. The number of thioether (sulfide) groups is 1. The highest BCUT2D eigenvalue weighted by atomic mass is 35.5. The van der Waals surface area contributed by atoms with E-state index >= 15 is 0 Å². The van der Waals surface area contributed by atoms with Gasteiger partial charge in [0.15, 0.2) is 0 Å². The molecule has 3 rings (SSSR count). The Bertz CT molecular complexity index is 725. The molecule has 19 heavy (non-hydrogen) atoms. The molecular weight excluding hydrogens is 274 g/mol. The summed E-state index contributed by atoms with van der Waals surface area (Å²) in [5, 5.41) is 3.14. The summed E-state index contributed by atoms with van der Waals surface area (Å²) in [7, 11) is 0. The molecule has 1 heterocycles. The average molecular weight is 286 g/mol. The van der Waals surface area contributed by atoms with E-state index in [9.17, 15) is 0 Å². The van der Waals surface area contributed by atoms with E-state index in [-0.39, 0.29) is 0 Å². The van der Waals surface area contributed by atoms with Crippen LogP contribution in [0, 0.1) is 0 Å². The molecular formula is C16H12ClNS. The zero-order valence-electron chi connectivity index (χ0n) is 10.4. The molecule has 0 amide bonds. The van der Waals surface area contributed by atoms with Crippen molar-refractivity contribution < 1.29 is 0 Å². The van der Waals surface area contributed by atoms with Crippen molar-refractivity contribution in [3.05, 3.63) is 59.8 Å². The van der Waals surface area contributed by atoms with E-state index in [2.05, 4.69) is 29.4 Å². The van der Waals surface area contributed by atoms with Crippen LogP contribution in [0.2, 0.25) is 5.02 Å². The van der Waals surface area contributed by atoms with Gasteiger partial charge in [-0.2, -0.15) is 0 Å². The molecule has 0 aliphatic rings. The van der Waals surface area contributed by atoms with E-state index in [1.165, 1.54) is 10.3 Å². The fraction of sp³-hybridized carbons (Fsp3) is 0.0625. The van der Waals surface area contributed by atoms with Gasteiger partial charge in [0.2, 0.25) is 0 Å². The number of aromatic nitrogens is 1. The molecule has 0 aliphatic heterocycles. The molecule has 3 heteroatoms. The SMILES string of the molecule is CSc1c(-c2ccccn2)c(Cl)cc2ccccc12. The summed E-state index contributed by atoms with van der Waals surface area (Å²) in [5.74, 6) is 0. The van der Waals surface area contributed by atoms with Crippen LogP contribution in [-0.2, 0) is 0 Å². The Morgan fingerprint density at radius 1 is 1.05 bits per heavy atom. The van der Waals surface area contributed by atoms with Crippen molar-refractivity contribution in [2.75, 3.05) is 6.26 Å². The highest BCUT2D eigenvalue weighted by Crippen LogP contribution is 2.40. The van der Waals surface area contributed by atoms with Gasteiger partial charge in [-0.05, 0) is 35.2 Å². The number of benzene rings is 2. The molecule has 0 bridgehead atoms. The van der Waals surface area contributed by atoms with E-state index in [1.54, 1.807) is 18.0 Å². The first-order valence-electron chi connectivity index (χ1n) is 5.98. The molecule has 0 spiro atoms. The minimum absolute atomic E-state index is 0.752. The smallest absolute Gasteiger partial charge is 0.0728 e. The van der Waals surface area contributed by atoms with Crippen molar-refractivity contribution in [2.24, 2.45) is 0 Å². The second kappa shape index (κ2) is 5.24. The van der Waals surface area contributed by atoms with Crippen LogP contribution in [0.1, 0.15) is 0 Å². The van der Waals surface area contributed by atoms with Crippen molar-refractivity contribution in [3.8, 4) is 11.3 Å². The van der Waals surface area contributed by atoms with Gasteiger partial charge >= 0.3 is 0 Å². The maximum absolute atomic E-state index is 6.47. The third-order valence-electron chi connectivity index (χ3n) is 3.08. The van der Waals surface area contributed by atoms with Crippen molar-refractivity contribution in [2.45, 2.75) is 4.90 Å². The average Bonchev–Trinajstić information content (AvgIpc) is 2.46. The van der Waals surface area contributed by atoms with Gasteiger partial charge < -0.3 is 0 Å². The maximum atomic E-state index is 6.47. The minimum Gasteiger partial charge on any atom is -0.256 e. The first kappa shape index (κ1) is 12.5. The Labute approximate surface area is 121 Å². The summed E-state index contributed by atoms with van der Waals surface area (Å²) in [4.78, 5) is 5.61. The molecule has 0 saturated heterocycles. The second-order valence-corrected chi connectivity index (χ2v) is 5.43. The quantitative estimate of drug-likeness (QED) is 0.594. The van der Waals surface area contributed by atoms with Gasteiger partial charge in [0.05, 0.1) is 10.7 Å². The standard InChI is InChI=1S/C16H12ClNS/c1-19-16-12-7-3-2-6-11(12)10-13(17)15(16)14-8-4-5-9-18-14/h2-10H,1H3. The second-order valence-electron chi connectivity index (χ2n) is 4.20. The molecule has 0 unspecified atom stereocenters. The Morgan fingerprint density at radius 2 is 1.84 bits per heavy atom. The van der Waals surface area contributed by atoms with Crippen LogP contribution in [0.3, 0.4) is 0 Å². The molecule has 0 saturated carbocycles. The zero-order chi connectivity index (χ0) is 13.2. The van der Waals surface area contributed by atoms with Crippen LogP contribution in [0.4, 0.5) is 0 Å². The molecule has 0 aliphatic carbocycles. The molecule has 1 aromatic heterocycles. The molecule has 2 aromatic carbocycles. The molecule has 0 fully saturated rings. The van der Waals surface area contributed by atoms with Crippen LogP contribution in [-0.4, -0.2) is 11.2 Å². The number of hydrogen-bond donors (Lipinski definition) is 0. The topological polar surface area (TPSA) is 12.9 Å². The largest absolute Gasteiger partial charge is 0.256 e. The molecule has 3 aromatic rings. The van der Waals surface area contributed by atoms with E-state index in [0.29, 0.717) is 0 Å². The van der Waals surface area contributed by atoms with E-state index in [4.69, 9.17) is 11.6 Å². The third-order valence-corrected chi connectivity index (χ3v) is 4.21. The van der Waals surface area contributed by atoms with Gasteiger partial charge in [0, 0.05) is 16.7 Å². The van der Waals surface area contributed by atoms with Crippen LogP contribution in [0.25, 0.3) is 22.0 Å². The normalized spacial score (nSPS) is 10.8. The van der Waals surface area contributed by atoms with E-state index in [0.717, 1.165) is 21.7 Å². The summed E-state index contributed by atoms with van der Waals surface area (Å²) in [6.45, 7) is 0. The van der Waals surface area contributed by atoms with Crippen LogP contribution in [0.5, 0.6) is 0 Å². The van der Waals surface area contributed by atoms with Gasteiger partial charge in [-0.3, -0.25) is 4.98 Å². The number of nitrogens with zero attached hydrogens (tertiary/aromatic N) is 1. The first-order valence-corrected chi connectivity index (χ1v) is 7.58. The van der Waals surface area contributed by atoms with Crippen LogP contribution >= 0.6 is 23.4 Å². The van der Waals surface area contributed by atoms with Crippen molar-refractivity contribution in [3.63, 3.8) is 0 Å². The van der Waals surface area contributed by atoms with Gasteiger partial charge in [-0.15, -0.1) is 11.8 Å². The molecule has 94 valence electrons. The predicted octanol–water partition coefficient (Wildman–Crippen LogP) is 5.28. The summed E-state index contributed by atoms with van der Waals surface area (Å²) in [6.07, 6.45) is 3.87. The van der Waals surface area contributed by atoms with Crippen LogP contribution < -0.4 is 0 Å². The van der Waals surface area contributed by atoms with Gasteiger partial charge in [0.25, 0.3) is 0 Å². The Balaban J connectivity index is 2.38. The summed E-state index contributed by atoms with van der Waals surface area (Å²) in [6, 6.07) is 16.2. The lowest BCUT2D eigenvalue weighted by molar-refractivity contribution is 1.31. The van der Waals surface area contributed by atoms with Gasteiger partial charge in [-0.1, -0.05) is 41.9 Å². The third kappa shape index (κ3) is 2.22. The lowest BCUT2D eigenvalue weighted by atomic mass is 10.0. The number of fused-ring (bicyclic) bond motifs is 1. The number of halogens is 1. The van der Waals surface area contributed by atoms with Crippen molar-refractivity contribution in [1.29, 1.82) is 0 Å². The van der Waals surface area contributed by atoms with Gasteiger partial charge in [-0.25, -0.2) is 0 Å². The van der Waals surface area contributed by atoms with Gasteiger partial charge in [0.1, 0.15) is 0 Å². The monoisotopic (exact) mass is 285 g/mol.